The van der Waals surface area contributed by atoms with Crippen LogP contribution in [-0.2, 0) is 11.0 Å². The molecule has 1 aromatic heterocycles. The number of hydrogen-bond acceptors (Lipinski definition) is 5. The fourth-order valence-corrected chi connectivity index (χ4v) is 3.64. The highest BCUT2D eigenvalue weighted by Crippen LogP contribution is 2.43. The highest BCUT2D eigenvalue weighted by Gasteiger charge is 2.36. The van der Waals surface area contributed by atoms with E-state index in [2.05, 4.69) is 20.4 Å². The first-order valence-corrected chi connectivity index (χ1v) is 10.1. The Kier molecular flexibility index (Phi) is 5.68. The number of aliphatic imine (C=N–C) groups is 1. The Bertz CT molecular complexity index is 1170. The summed E-state index contributed by atoms with van der Waals surface area (Å²) in [5, 5.41) is 6.67. The summed E-state index contributed by atoms with van der Waals surface area (Å²) >= 11 is 0. The van der Waals surface area contributed by atoms with E-state index in [-0.39, 0.29) is 23.5 Å². The van der Waals surface area contributed by atoms with E-state index in [4.69, 9.17) is 0 Å². The van der Waals surface area contributed by atoms with Crippen LogP contribution in [-0.4, -0.2) is 40.0 Å². The molecule has 2 heterocycles. The molecule has 32 heavy (non-hydrogen) atoms. The molecule has 1 N–H and O–H groups in total. The number of fused-ring (bicyclic) bond motifs is 1. The van der Waals surface area contributed by atoms with Crippen LogP contribution in [0.1, 0.15) is 30.9 Å². The third kappa shape index (κ3) is 4.34. The predicted octanol–water partition coefficient (Wildman–Crippen LogP) is 4.60. The molecule has 166 valence electrons. The highest BCUT2D eigenvalue weighted by molar-refractivity contribution is 6.17. The molecule has 1 aliphatic rings. The van der Waals surface area contributed by atoms with E-state index in [1.807, 2.05) is 13.0 Å². The number of nitrogens with one attached hydrogen (secondary N) is 1. The number of benzene rings is 2. The third-order valence-corrected chi connectivity index (χ3v) is 5.11. The van der Waals surface area contributed by atoms with Crippen molar-refractivity contribution in [1.82, 2.24) is 14.8 Å². The van der Waals surface area contributed by atoms with Gasteiger partial charge < -0.3 is 10.2 Å². The van der Waals surface area contributed by atoms with Crippen molar-refractivity contribution in [2.45, 2.75) is 25.9 Å². The number of carbonyl (C=O) groups is 1. The first kappa shape index (κ1) is 21.5. The lowest BCUT2D eigenvalue weighted by Crippen LogP contribution is -2.22. The van der Waals surface area contributed by atoms with Gasteiger partial charge in [0.1, 0.15) is 12.7 Å². The maximum Gasteiger partial charge on any atom is 0.418 e. The van der Waals surface area contributed by atoms with Crippen LogP contribution >= 0.6 is 0 Å². The number of rotatable bonds is 5. The van der Waals surface area contributed by atoms with Crippen molar-refractivity contribution >= 4 is 28.7 Å². The molecule has 0 aliphatic carbocycles. The second-order valence-corrected chi connectivity index (χ2v) is 7.48. The van der Waals surface area contributed by atoms with E-state index < -0.39 is 17.6 Å². The van der Waals surface area contributed by atoms with Crippen LogP contribution in [0.15, 0.2) is 54.0 Å². The van der Waals surface area contributed by atoms with Crippen LogP contribution in [0.2, 0.25) is 0 Å². The molecule has 2 aromatic carbocycles. The number of amides is 1. The maximum absolute atomic E-state index is 13.7. The van der Waals surface area contributed by atoms with Crippen molar-refractivity contribution in [2.24, 2.45) is 4.99 Å². The number of hydrogen-bond donors (Lipinski definition) is 1. The topological polar surface area (TPSA) is 75.4 Å². The number of anilines is 2. The van der Waals surface area contributed by atoms with Crippen LogP contribution < -0.4 is 10.2 Å². The molecule has 0 spiro atoms. The molecule has 7 nitrogen and oxygen atoms in total. The van der Waals surface area contributed by atoms with Gasteiger partial charge in [0.2, 0.25) is 5.91 Å². The summed E-state index contributed by atoms with van der Waals surface area (Å²) < 4.78 is 42.8. The fraction of sp³-hybridized carbons (Fsp3) is 0.273. The van der Waals surface area contributed by atoms with Crippen molar-refractivity contribution in [3.8, 4) is 5.69 Å². The van der Waals surface area contributed by atoms with Crippen LogP contribution in [0.25, 0.3) is 5.69 Å². The van der Waals surface area contributed by atoms with Crippen molar-refractivity contribution < 1.29 is 18.0 Å². The van der Waals surface area contributed by atoms with Gasteiger partial charge in [0.15, 0.2) is 0 Å². The maximum atomic E-state index is 13.7. The van der Waals surface area contributed by atoms with Crippen molar-refractivity contribution in [3.05, 3.63) is 60.2 Å². The molecular formula is C22H21F3N6O. The van der Waals surface area contributed by atoms with E-state index in [0.29, 0.717) is 24.2 Å². The smallest absolute Gasteiger partial charge is 0.374 e. The Balaban J connectivity index is 1.83. The Hall–Kier alpha value is -3.69. The molecule has 0 radical (unpaired) electrons. The third-order valence-electron chi connectivity index (χ3n) is 5.11. The first-order chi connectivity index (χ1) is 15.3. The number of nitrogens with zero attached hydrogens (tertiary/aromatic N) is 5. The van der Waals surface area contributed by atoms with E-state index in [0.717, 1.165) is 11.8 Å². The molecule has 0 fully saturated rings. The summed E-state index contributed by atoms with van der Waals surface area (Å²) in [4.78, 5) is 22.6. The van der Waals surface area contributed by atoms with Crippen LogP contribution in [0.4, 0.5) is 30.2 Å². The minimum atomic E-state index is -4.57. The average molecular weight is 442 g/mol. The van der Waals surface area contributed by atoms with Gasteiger partial charge in [-0.15, -0.1) is 0 Å². The Morgan fingerprint density at radius 2 is 2.03 bits per heavy atom. The number of carbonyl (C=O) groups excluding carboxylic acids is 1. The Morgan fingerprint density at radius 3 is 2.72 bits per heavy atom. The normalized spacial score (nSPS) is 13.8. The zero-order chi connectivity index (χ0) is 22.9. The molecular weight excluding hydrogens is 421 g/mol. The minimum absolute atomic E-state index is 0.0220. The summed E-state index contributed by atoms with van der Waals surface area (Å²) in [7, 11) is 1.61. The fourth-order valence-electron chi connectivity index (χ4n) is 3.64. The Morgan fingerprint density at radius 1 is 1.22 bits per heavy atom. The molecule has 4 rings (SSSR count). The molecule has 3 aromatic rings. The summed E-state index contributed by atoms with van der Waals surface area (Å²) in [5.41, 5.74) is 1.38. The van der Waals surface area contributed by atoms with E-state index in [9.17, 15) is 18.0 Å². The monoisotopic (exact) mass is 442 g/mol. The molecule has 0 saturated heterocycles. The summed E-state index contributed by atoms with van der Waals surface area (Å²) in [6.07, 6.45) is -0.999. The molecule has 1 amide bonds. The van der Waals surface area contributed by atoms with Gasteiger partial charge >= 0.3 is 6.18 Å². The number of aromatic nitrogens is 3. The lowest BCUT2D eigenvalue weighted by molar-refractivity contribution is -0.137. The zero-order valence-electron chi connectivity index (χ0n) is 17.5. The highest BCUT2D eigenvalue weighted by atomic mass is 19.4. The number of halogens is 3. The SMILES string of the molecule is CCCN(C)c1cc2c(cc1C(F)(F)F)NC(=O)CC(c1cccc(-n3cncn3)c1)=N2. The van der Waals surface area contributed by atoms with Gasteiger partial charge in [0, 0.05) is 13.6 Å². The van der Waals surface area contributed by atoms with Gasteiger partial charge in [0.25, 0.3) is 0 Å². The van der Waals surface area contributed by atoms with Crippen molar-refractivity contribution in [3.63, 3.8) is 0 Å². The minimum Gasteiger partial charge on any atom is -0.374 e. The molecule has 0 atom stereocenters. The van der Waals surface area contributed by atoms with Gasteiger partial charge in [-0.3, -0.25) is 9.79 Å². The van der Waals surface area contributed by atoms with Gasteiger partial charge in [-0.25, -0.2) is 9.67 Å². The van der Waals surface area contributed by atoms with Crippen molar-refractivity contribution in [1.29, 1.82) is 0 Å². The van der Waals surface area contributed by atoms with Gasteiger partial charge in [0.05, 0.1) is 40.4 Å². The first-order valence-electron chi connectivity index (χ1n) is 10.1. The standard InChI is InChI=1S/C22H21F3N6O/c1-3-7-30(2)20-10-19-18(9-16(20)22(23,24)25)29-21(32)11-17(28-19)14-5-4-6-15(8-14)31-13-26-12-27-31/h4-6,8-10,12-13H,3,7,11H2,1-2H3,(H,29,32). The van der Waals surface area contributed by atoms with Gasteiger partial charge in [-0.1, -0.05) is 19.1 Å². The van der Waals surface area contributed by atoms with E-state index in [1.54, 1.807) is 41.2 Å². The average Bonchev–Trinajstić information content (AvgIpc) is 3.23. The second kappa shape index (κ2) is 8.45. The molecule has 1 aliphatic heterocycles. The van der Waals surface area contributed by atoms with Crippen LogP contribution in [0.5, 0.6) is 0 Å². The quantitative estimate of drug-likeness (QED) is 0.627. The second-order valence-electron chi connectivity index (χ2n) is 7.48. The summed E-state index contributed by atoms with van der Waals surface area (Å²) in [5.74, 6) is -0.434. The largest absolute Gasteiger partial charge is 0.418 e. The lowest BCUT2D eigenvalue weighted by Gasteiger charge is -2.24. The van der Waals surface area contributed by atoms with Gasteiger partial charge in [-0.2, -0.15) is 18.3 Å². The molecule has 10 heteroatoms. The van der Waals surface area contributed by atoms with Crippen LogP contribution in [0, 0.1) is 0 Å². The molecule has 0 unspecified atom stereocenters. The Labute approximate surface area is 182 Å². The zero-order valence-corrected chi connectivity index (χ0v) is 17.5. The summed E-state index contributed by atoms with van der Waals surface area (Å²) in [6.45, 7) is 2.34. The van der Waals surface area contributed by atoms with E-state index >= 15 is 0 Å². The van der Waals surface area contributed by atoms with Crippen molar-refractivity contribution in [2.75, 3.05) is 23.8 Å². The van der Waals surface area contributed by atoms with Crippen LogP contribution in [0.3, 0.4) is 0 Å². The molecule has 0 bridgehead atoms. The number of alkyl halides is 3. The van der Waals surface area contributed by atoms with E-state index in [1.165, 1.54) is 12.4 Å². The van der Waals surface area contributed by atoms with Gasteiger partial charge in [-0.05, 0) is 36.2 Å². The summed E-state index contributed by atoms with van der Waals surface area (Å²) in [6, 6.07) is 9.59. The predicted molar refractivity (Wildman–Crippen MR) is 116 cm³/mol. The molecule has 0 saturated carbocycles. The lowest BCUT2D eigenvalue weighted by atomic mass is 10.1.